The van der Waals surface area contributed by atoms with Crippen LogP contribution in [0.1, 0.15) is 58.4 Å². The van der Waals surface area contributed by atoms with Crippen molar-refractivity contribution in [3.05, 3.63) is 15.6 Å². The van der Waals surface area contributed by atoms with E-state index < -0.39 is 0 Å². The lowest BCUT2D eigenvalue weighted by Gasteiger charge is -2.09. The Balaban J connectivity index is 1.91. The molecule has 116 valence electrons. The van der Waals surface area contributed by atoms with Crippen molar-refractivity contribution in [1.29, 1.82) is 0 Å². The molecule has 6 heteroatoms. The van der Waals surface area contributed by atoms with Gasteiger partial charge in [-0.2, -0.15) is 0 Å². The van der Waals surface area contributed by atoms with Gasteiger partial charge in [-0.3, -0.25) is 4.79 Å². The summed E-state index contributed by atoms with van der Waals surface area (Å²) in [5.74, 6) is 0.0989. The molecule has 0 saturated heterocycles. The Kier molecular flexibility index (Phi) is 5.33. The van der Waals surface area contributed by atoms with Gasteiger partial charge in [0.1, 0.15) is 11.5 Å². The summed E-state index contributed by atoms with van der Waals surface area (Å²) in [6.07, 6.45) is 5.04. The van der Waals surface area contributed by atoms with Gasteiger partial charge < -0.3 is 9.64 Å². The molecule has 1 heterocycles. The number of carbonyl (C=O) groups excluding carboxylic acids is 2. The Bertz CT molecular complexity index is 519. The van der Waals surface area contributed by atoms with Gasteiger partial charge in [-0.1, -0.05) is 12.8 Å². The average molecular weight is 310 g/mol. The van der Waals surface area contributed by atoms with Gasteiger partial charge in [0.25, 0.3) is 0 Å². The molecule has 0 N–H and O–H groups in total. The van der Waals surface area contributed by atoms with Crippen molar-refractivity contribution < 1.29 is 14.3 Å². The zero-order valence-electron chi connectivity index (χ0n) is 12.8. The molecule has 0 spiro atoms. The zero-order chi connectivity index (χ0) is 15.4. The quantitative estimate of drug-likeness (QED) is 0.785. The second kappa shape index (κ2) is 7.02. The standard InChI is InChI=1S/C15H22N2O3S/c1-10-13(15(19)20-9-8-12(18)17(2)3)21-14(16-10)11-6-4-5-7-11/h11H,4-9H2,1-3H3. The molecular formula is C15H22N2O3S. The lowest BCUT2D eigenvalue weighted by Crippen LogP contribution is -2.23. The summed E-state index contributed by atoms with van der Waals surface area (Å²) in [6, 6.07) is 0. The fourth-order valence-electron chi connectivity index (χ4n) is 2.47. The molecule has 1 aromatic rings. The van der Waals surface area contributed by atoms with Crippen LogP contribution in [0, 0.1) is 6.92 Å². The number of ether oxygens (including phenoxy) is 1. The van der Waals surface area contributed by atoms with Gasteiger partial charge in [0.05, 0.1) is 17.1 Å². The lowest BCUT2D eigenvalue weighted by molar-refractivity contribution is -0.129. The molecule has 0 aromatic carbocycles. The maximum atomic E-state index is 12.1. The minimum atomic E-state index is -0.360. The Morgan fingerprint density at radius 2 is 2.00 bits per heavy atom. The summed E-state index contributed by atoms with van der Waals surface area (Å²) < 4.78 is 5.19. The zero-order valence-corrected chi connectivity index (χ0v) is 13.7. The first-order valence-corrected chi connectivity index (χ1v) is 8.15. The third kappa shape index (κ3) is 4.03. The minimum absolute atomic E-state index is 0.0459. The summed E-state index contributed by atoms with van der Waals surface area (Å²) in [7, 11) is 3.37. The third-order valence-electron chi connectivity index (χ3n) is 3.75. The molecular weight excluding hydrogens is 288 g/mol. The van der Waals surface area contributed by atoms with Crippen molar-refractivity contribution in [1.82, 2.24) is 9.88 Å². The van der Waals surface area contributed by atoms with Crippen molar-refractivity contribution in [3.8, 4) is 0 Å². The van der Waals surface area contributed by atoms with Crippen LogP contribution in [-0.4, -0.2) is 42.5 Å². The van der Waals surface area contributed by atoms with Crippen LogP contribution >= 0.6 is 11.3 Å². The molecule has 21 heavy (non-hydrogen) atoms. The molecule has 1 saturated carbocycles. The van der Waals surface area contributed by atoms with E-state index in [0.29, 0.717) is 10.8 Å². The number of esters is 1. The van der Waals surface area contributed by atoms with E-state index in [1.54, 1.807) is 14.1 Å². The van der Waals surface area contributed by atoms with E-state index in [2.05, 4.69) is 4.98 Å². The fourth-order valence-corrected chi connectivity index (χ4v) is 3.60. The van der Waals surface area contributed by atoms with Gasteiger partial charge in [0, 0.05) is 20.0 Å². The summed E-state index contributed by atoms with van der Waals surface area (Å²) >= 11 is 1.45. The molecule has 1 aromatic heterocycles. The predicted molar refractivity (Wildman–Crippen MR) is 81.7 cm³/mol. The van der Waals surface area contributed by atoms with E-state index in [1.807, 2.05) is 6.92 Å². The minimum Gasteiger partial charge on any atom is -0.461 e. The Labute approximate surface area is 129 Å². The Morgan fingerprint density at radius 1 is 1.33 bits per heavy atom. The van der Waals surface area contributed by atoms with Gasteiger partial charge in [0.15, 0.2) is 0 Å². The first kappa shape index (κ1) is 15.9. The highest BCUT2D eigenvalue weighted by Crippen LogP contribution is 2.37. The van der Waals surface area contributed by atoms with Crippen LogP contribution in [0.2, 0.25) is 0 Å². The van der Waals surface area contributed by atoms with E-state index >= 15 is 0 Å². The molecule has 0 atom stereocenters. The molecule has 0 bridgehead atoms. The summed E-state index contributed by atoms with van der Waals surface area (Å²) in [6.45, 7) is 1.96. The maximum Gasteiger partial charge on any atom is 0.350 e. The molecule has 2 rings (SSSR count). The smallest absolute Gasteiger partial charge is 0.350 e. The van der Waals surface area contributed by atoms with E-state index in [9.17, 15) is 9.59 Å². The lowest BCUT2D eigenvalue weighted by atomic mass is 10.1. The largest absolute Gasteiger partial charge is 0.461 e. The van der Waals surface area contributed by atoms with Crippen LogP contribution in [0.3, 0.4) is 0 Å². The highest BCUT2D eigenvalue weighted by molar-refractivity contribution is 7.13. The first-order valence-electron chi connectivity index (χ1n) is 7.33. The second-order valence-corrected chi connectivity index (χ2v) is 6.65. The molecule has 1 aliphatic carbocycles. The predicted octanol–water partition coefficient (Wildman–Crippen LogP) is 2.74. The molecule has 1 fully saturated rings. The van der Waals surface area contributed by atoms with Crippen molar-refractivity contribution in [2.45, 2.75) is 44.9 Å². The van der Waals surface area contributed by atoms with Gasteiger partial charge in [-0.25, -0.2) is 9.78 Å². The molecule has 0 aliphatic heterocycles. The highest BCUT2D eigenvalue weighted by Gasteiger charge is 2.24. The fraction of sp³-hybridized carbons (Fsp3) is 0.667. The second-order valence-electron chi connectivity index (χ2n) is 5.62. The summed E-state index contributed by atoms with van der Waals surface area (Å²) in [5, 5.41) is 1.06. The van der Waals surface area contributed by atoms with Crippen LogP contribution in [-0.2, 0) is 9.53 Å². The number of nitrogens with zero attached hydrogens (tertiary/aromatic N) is 2. The Morgan fingerprint density at radius 3 is 2.62 bits per heavy atom. The number of rotatable bonds is 5. The molecule has 0 radical (unpaired) electrons. The van der Waals surface area contributed by atoms with Crippen LogP contribution < -0.4 is 0 Å². The number of thiazole rings is 1. The van der Waals surface area contributed by atoms with Gasteiger partial charge in [-0.05, 0) is 19.8 Å². The first-order chi connectivity index (χ1) is 9.99. The Hall–Kier alpha value is -1.43. The highest BCUT2D eigenvalue weighted by atomic mass is 32.1. The molecule has 5 nitrogen and oxygen atoms in total. The molecule has 1 amide bonds. The summed E-state index contributed by atoms with van der Waals surface area (Å²) in [4.78, 5) is 30.1. The van der Waals surface area contributed by atoms with Gasteiger partial charge in [0.2, 0.25) is 5.91 Å². The van der Waals surface area contributed by atoms with Crippen molar-refractivity contribution >= 4 is 23.2 Å². The molecule has 0 unspecified atom stereocenters. The van der Waals surface area contributed by atoms with Gasteiger partial charge in [-0.15, -0.1) is 11.3 Å². The van der Waals surface area contributed by atoms with Crippen LogP contribution in [0.25, 0.3) is 0 Å². The number of hydrogen-bond donors (Lipinski definition) is 0. The number of aromatic nitrogens is 1. The topological polar surface area (TPSA) is 59.5 Å². The van der Waals surface area contributed by atoms with Crippen molar-refractivity contribution in [2.75, 3.05) is 20.7 Å². The van der Waals surface area contributed by atoms with E-state index in [-0.39, 0.29) is 24.9 Å². The number of amides is 1. The SMILES string of the molecule is Cc1nc(C2CCCC2)sc1C(=O)OCCC(=O)N(C)C. The average Bonchev–Trinajstić information content (AvgIpc) is 3.07. The third-order valence-corrected chi connectivity index (χ3v) is 5.05. The van der Waals surface area contributed by atoms with Crippen LogP contribution in [0.4, 0.5) is 0 Å². The van der Waals surface area contributed by atoms with Crippen molar-refractivity contribution in [2.24, 2.45) is 0 Å². The number of carbonyl (C=O) groups is 2. The van der Waals surface area contributed by atoms with Crippen LogP contribution in [0.15, 0.2) is 0 Å². The maximum absolute atomic E-state index is 12.1. The number of hydrogen-bond acceptors (Lipinski definition) is 5. The van der Waals surface area contributed by atoms with E-state index in [4.69, 9.17) is 4.74 Å². The van der Waals surface area contributed by atoms with E-state index in [1.165, 1.54) is 41.9 Å². The normalized spacial score (nSPS) is 15.2. The van der Waals surface area contributed by atoms with Crippen molar-refractivity contribution in [3.63, 3.8) is 0 Å². The number of aryl methyl sites for hydroxylation is 1. The van der Waals surface area contributed by atoms with E-state index in [0.717, 1.165) is 10.7 Å². The molecule has 1 aliphatic rings. The summed E-state index contributed by atoms with van der Waals surface area (Å²) in [5.41, 5.74) is 0.742. The monoisotopic (exact) mass is 310 g/mol. The van der Waals surface area contributed by atoms with Crippen LogP contribution in [0.5, 0.6) is 0 Å². The van der Waals surface area contributed by atoms with Gasteiger partial charge >= 0.3 is 5.97 Å².